The molecular weight excluding hydrogens is 653 g/mol. The molecular formula is C52H50N2. The molecule has 0 atom stereocenters. The third-order valence-corrected chi connectivity index (χ3v) is 11.9. The van der Waals surface area contributed by atoms with E-state index in [4.69, 9.17) is 0 Å². The van der Waals surface area contributed by atoms with Crippen LogP contribution in [-0.4, -0.2) is 0 Å². The molecule has 0 bridgehead atoms. The first-order chi connectivity index (χ1) is 26.4. The number of aryl methyl sites for hydroxylation is 4. The average molecular weight is 703 g/mol. The van der Waals surface area contributed by atoms with Crippen LogP contribution in [0.5, 0.6) is 0 Å². The number of anilines is 6. The van der Waals surface area contributed by atoms with Crippen molar-refractivity contribution in [3.05, 3.63) is 215 Å². The van der Waals surface area contributed by atoms with Crippen molar-refractivity contribution in [2.24, 2.45) is 0 Å². The van der Waals surface area contributed by atoms with Gasteiger partial charge < -0.3 is 9.80 Å². The van der Waals surface area contributed by atoms with Gasteiger partial charge in [0.15, 0.2) is 0 Å². The molecule has 1 aliphatic carbocycles. The Morgan fingerprint density at radius 2 is 0.685 bits per heavy atom. The van der Waals surface area contributed by atoms with Crippen LogP contribution in [-0.2, 0) is 5.41 Å². The van der Waals surface area contributed by atoms with Gasteiger partial charge in [-0.1, -0.05) is 127 Å². The molecule has 268 valence electrons. The Kier molecular flexibility index (Phi) is 9.93. The van der Waals surface area contributed by atoms with E-state index in [9.17, 15) is 0 Å². The molecule has 0 aliphatic heterocycles. The number of para-hydroxylation sites is 4. The first-order valence-electron chi connectivity index (χ1n) is 19.5. The molecule has 0 saturated heterocycles. The van der Waals surface area contributed by atoms with Gasteiger partial charge in [-0.05, 0) is 147 Å². The number of benzene rings is 7. The summed E-state index contributed by atoms with van der Waals surface area (Å²) in [6.07, 6.45) is 4.52. The maximum Gasteiger partial charge on any atom is 0.0490 e. The molecule has 1 aliphatic rings. The van der Waals surface area contributed by atoms with Crippen LogP contribution in [0, 0.1) is 27.7 Å². The van der Waals surface area contributed by atoms with Gasteiger partial charge in [-0.15, -0.1) is 0 Å². The molecule has 7 aromatic rings. The van der Waals surface area contributed by atoms with Crippen LogP contribution in [0.4, 0.5) is 34.1 Å². The molecule has 0 unspecified atom stereocenters. The fourth-order valence-electron chi connectivity index (χ4n) is 8.85. The smallest absolute Gasteiger partial charge is 0.0490 e. The summed E-state index contributed by atoms with van der Waals surface area (Å²) in [6, 6.07) is 65.1. The van der Waals surface area contributed by atoms with E-state index < -0.39 is 0 Å². The van der Waals surface area contributed by atoms with Gasteiger partial charge in [0.2, 0.25) is 0 Å². The summed E-state index contributed by atoms with van der Waals surface area (Å²) in [4.78, 5) is 4.85. The van der Waals surface area contributed by atoms with Gasteiger partial charge in [-0.3, -0.25) is 0 Å². The second kappa shape index (κ2) is 15.2. The van der Waals surface area contributed by atoms with Crippen LogP contribution in [0.2, 0.25) is 0 Å². The van der Waals surface area contributed by atoms with Crippen molar-refractivity contribution in [2.75, 3.05) is 9.80 Å². The normalized spacial score (nSPS) is 14.1. The summed E-state index contributed by atoms with van der Waals surface area (Å²) < 4.78 is 0. The summed E-state index contributed by atoms with van der Waals surface area (Å²) in [5.74, 6) is 0.577. The Labute approximate surface area is 322 Å². The first kappa shape index (κ1) is 35.2. The third kappa shape index (κ3) is 6.74. The Morgan fingerprint density at radius 3 is 1.02 bits per heavy atom. The summed E-state index contributed by atoms with van der Waals surface area (Å²) >= 11 is 0. The van der Waals surface area contributed by atoms with E-state index in [1.165, 1.54) is 73.1 Å². The van der Waals surface area contributed by atoms with Gasteiger partial charge in [0, 0.05) is 39.5 Å². The zero-order valence-electron chi connectivity index (χ0n) is 32.0. The number of nitrogens with zero attached hydrogens (tertiary/aromatic N) is 2. The minimum absolute atomic E-state index is 0.0886. The van der Waals surface area contributed by atoms with Crippen molar-refractivity contribution in [1.29, 1.82) is 0 Å². The largest absolute Gasteiger partial charge is 0.310 e. The highest BCUT2D eigenvalue weighted by molar-refractivity contribution is 5.81. The van der Waals surface area contributed by atoms with Crippen molar-refractivity contribution < 1.29 is 0 Å². The standard InChI is InChI=1S/C52H50N2/c1-38-16-8-12-22-48(38)53(49-23-13-9-17-39(49)2)46-30-26-44(27-31-46)52(36-34-43(35-37-52)42-20-6-5-7-21-42)45-28-32-47(33-29-45)54(50-24-14-10-18-40(50)3)51-25-15-11-19-41(51)4/h5-33,43H,34-37H2,1-4H3. The molecule has 0 amide bonds. The van der Waals surface area contributed by atoms with Gasteiger partial charge in [-0.25, -0.2) is 0 Å². The zero-order chi connectivity index (χ0) is 37.1. The fraction of sp³-hybridized carbons (Fsp3) is 0.192. The van der Waals surface area contributed by atoms with Gasteiger partial charge in [0.1, 0.15) is 0 Å². The zero-order valence-corrected chi connectivity index (χ0v) is 32.0. The van der Waals surface area contributed by atoms with E-state index in [1.54, 1.807) is 0 Å². The highest BCUT2D eigenvalue weighted by atomic mass is 15.2. The summed E-state index contributed by atoms with van der Waals surface area (Å²) in [5, 5.41) is 0. The van der Waals surface area contributed by atoms with E-state index in [0.29, 0.717) is 5.92 Å². The molecule has 8 rings (SSSR count). The predicted octanol–water partition coefficient (Wildman–Crippen LogP) is 14.5. The summed E-state index contributed by atoms with van der Waals surface area (Å²) in [7, 11) is 0. The molecule has 7 aromatic carbocycles. The Morgan fingerprint density at radius 1 is 0.370 bits per heavy atom. The van der Waals surface area contributed by atoms with Crippen molar-refractivity contribution in [1.82, 2.24) is 0 Å². The lowest BCUT2D eigenvalue weighted by molar-refractivity contribution is 0.315. The predicted molar refractivity (Wildman–Crippen MR) is 230 cm³/mol. The maximum atomic E-state index is 2.42. The van der Waals surface area contributed by atoms with Gasteiger partial charge in [-0.2, -0.15) is 0 Å². The van der Waals surface area contributed by atoms with Gasteiger partial charge >= 0.3 is 0 Å². The molecule has 0 aromatic heterocycles. The monoisotopic (exact) mass is 702 g/mol. The molecule has 1 saturated carbocycles. The number of hydrogen-bond donors (Lipinski definition) is 0. The quantitative estimate of drug-likeness (QED) is 0.148. The second-order valence-corrected chi connectivity index (χ2v) is 15.2. The molecule has 0 N–H and O–H groups in total. The maximum absolute atomic E-state index is 2.42. The average Bonchev–Trinajstić information content (AvgIpc) is 3.22. The molecule has 0 heterocycles. The molecule has 2 heteroatoms. The molecule has 1 fully saturated rings. The van der Waals surface area contributed by atoms with E-state index in [-0.39, 0.29) is 5.41 Å². The van der Waals surface area contributed by atoms with E-state index >= 15 is 0 Å². The van der Waals surface area contributed by atoms with Crippen LogP contribution in [0.3, 0.4) is 0 Å². The van der Waals surface area contributed by atoms with Crippen molar-refractivity contribution in [3.63, 3.8) is 0 Å². The highest BCUT2D eigenvalue weighted by Crippen LogP contribution is 2.50. The minimum atomic E-state index is -0.0886. The van der Waals surface area contributed by atoms with Crippen LogP contribution in [0.15, 0.2) is 176 Å². The lowest BCUT2D eigenvalue weighted by Gasteiger charge is -2.42. The van der Waals surface area contributed by atoms with Crippen LogP contribution in [0.1, 0.15) is 70.5 Å². The second-order valence-electron chi connectivity index (χ2n) is 15.2. The van der Waals surface area contributed by atoms with Crippen molar-refractivity contribution >= 4 is 34.1 Å². The van der Waals surface area contributed by atoms with Crippen molar-refractivity contribution in [3.8, 4) is 0 Å². The van der Waals surface area contributed by atoms with Gasteiger partial charge in [0.25, 0.3) is 0 Å². The Balaban J connectivity index is 1.21. The Bertz CT molecular complexity index is 2100. The SMILES string of the molecule is Cc1ccccc1N(c1ccc(C2(c3ccc(N(c4ccccc4C)c4ccccc4C)cc3)CCC(c3ccccc3)CC2)cc1)c1ccccc1C. The van der Waals surface area contributed by atoms with Crippen molar-refractivity contribution in [2.45, 2.75) is 64.7 Å². The topological polar surface area (TPSA) is 6.48 Å². The van der Waals surface area contributed by atoms with E-state index in [2.05, 4.69) is 213 Å². The molecule has 0 radical (unpaired) electrons. The van der Waals surface area contributed by atoms with Gasteiger partial charge in [0.05, 0.1) is 0 Å². The fourth-order valence-corrected chi connectivity index (χ4v) is 8.85. The van der Waals surface area contributed by atoms with Crippen LogP contribution in [0.25, 0.3) is 0 Å². The molecule has 2 nitrogen and oxygen atoms in total. The van der Waals surface area contributed by atoms with Crippen LogP contribution < -0.4 is 9.80 Å². The summed E-state index contributed by atoms with van der Waals surface area (Å²) in [6.45, 7) is 8.83. The third-order valence-electron chi connectivity index (χ3n) is 11.9. The summed E-state index contributed by atoms with van der Waals surface area (Å²) in [5.41, 5.74) is 16.4. The molecule has 54 heavy (non-hydrogen) atoms. The lowest BCUT2D eigenvalue weighted by atomic mass is 9.62. The minimum Gasteiger partial charge on any atom is -0.310 e. The Hall–Kier alpha value is -5.86. The molecule has 0 spiro atoms. The lowest BCUT2D eigenvalue weighted by Crippen LogP contribution is -2.32. The number of hydrogen-bond acceptors (Lipinski definition) is 2. The number of rotatable bonds is 9. The van der Waals surface area contributed by atoms with E-state index in [1.807, 2.05) is 0 Å². The van der Waals surface area contributed by atoms with E-state index in [0.717, 1.165) is 25.7 Å². The highest BCUT2D eigenvalue weighted by Gasteiger charge is 2.39. The van der Waals surface area contributed by atoms with Crippen LogP contribution >= 0.6 is 0 Å². The first-order valence-corrected chi connectivity index (χ1v) is 19.5.